The van der Waals surface area contributed by atoms with Crippen molar-refractivity contribution >= 4 is 17.6 Å². The molecule has 0 radical (unpaired) electrons. The van der Waals surface area contributed by atoms with Gasteiger partial charge in [-0.3, -0.25) is 9.69 Å². The molecule has 1 atom stereocenters. The molecule has 0 aliphatic heterocycles. The maximum atomic E-state index is 10.6. The van der Waals surface area contributed by atoms with Gasteiger partial charge in [0.1, 0.15) is 6.04 Å². The van der Waals surface area contributed by atoms with Gasteiger partial charge >= 0.3 is 5.97 Å². The van der Waals surface area contributed by atoms with Crippen LogP contribution in [0.25, 0.3) is 0 Å². The van der Waals surface area contributed by atoms with Crippen LogP contribution in [0, 0.1) is 0 Å². The second-order valence-corrected chi connectivity index (χ2v) is 2.82. The van der Waals surface area contributed by atoms with Crippen LogP contribution in [0.4, 0.5) is 0 Å². The summed E-state index contributed by atoms with van der Waals surface area (Å²) >= 11 is 5.32. The van der Waals surface area contributed by atoms with E-state index in [4.69, 9.17) is 16.7 Å². The Bertz CT molecular complexity index is 170. The van der Waals surface area contributed by atoms with Gasteiger partial charge in [-0.15, -0.1) is 0 Å². The smallest absolute Gasteiger partial charge is 0.320 e. The molecule has 0 aromatic carbocycles. The summed E-state index contributed by atoms with van der Waals surface area (Å²) in [5, 5.41) is 8.74. The maximum absolute atomic E-state index is 10.6. The molecule has 0 amide bonds. The van der Waals surface area contributed by atoms with Gasteiger partial charge in [0.05, 0.1) is 0 Å². The minimum atomic E-state index is -0.789. The first kappa shape index (κ1) is 11.5. The predicted octanol–water partition coefficient (Wildman–Crippen LogP) is 1.53. The molecule has 0 aliphatic rings. The molecule has 70 valence electrons. The van der Waals surface area contributed by atoms with Crippen molar-refractivity contribution in [1.82, 2.24) is 4.90 Å². The molecule has 12 heavy (non-hydrogen) atoms. The highest BCUT2D eigenvalue weighted by atomic mass is 35.5. The quantitative estimate of drug-likeness (QED) is 0.717. The monoisotopic (exact) mass is 191 g/mol. The van der Waals surface area contributed by atoms with Gasteiger partial charge in [-0.25, -0.2) is 0 Å². The van der Waals surface area contributed by atoms with Crippen molar-refractivity contribution in [2.45, 2.75) is 19.4 Å². The number of halogens is 1. The van der Waals surface area contributed by atoms with Crippen LogP contribution in [0.5, 0.6) is 0 Å². The molecule has 0 aromatic rings. The zero-order chi connectivity index (χ0) is 9.56. The maximum Gasteiger partial charge on any atom is 0.320 e. The molecule has 1 N–H and O–H groups in total. The number of rotatable bonds is 5. The standard InChI is InChI=1S/C8H14ClNO2/c1-3-7(8(11)12)10(2)6-4-5-9/h4-5,7H,3,6H2,1-2H3,(H,11,12). The third kappa shape index (κ3) is 3.74. The van der Waals surface area contributed by atoms with Crippen molar-refractivity contribution < 1.29 is 9.90 Å². The van der Waals surface area contributed by atoms with E-state index in [-0.39, 0.29) is 0 Å². The van der Waals surface area contributed by atoms with Crippen LogP contribution in [-0.2, 0) is 4.79 Å². The lowest BCUT2D eigenvalue weighted by molar-refractivity contribution is -0.142. The Morgan fingerprint density at radius 2 is 2.33 bits per heavy atom. The number of carboxylic acid groups (broad SMARTS) is 1. The summed E-state index contributed by atoms with van der Waals surface area (Å²) in [4.78, 5) is 12.4. The summed E-state index contributed by atoms with van der Waals surface area (Å²) in [5.41, 5.74) is 1.39. The van der Waals surface area contributed by atoms with Crippen LogP contribution in [0.1, 0.15) is 13.3 Å². The number of hydrogen-bond acceptors (Lipinski definition) is 2. The van der Waals surface area contributed by atoms with Crippen molar-refractivity contribution in [3.8, 4) is 0 Å². The second kappa shape index (κ2) is 6.03. The van der Waals surface area contributed by atoms with Gasteiger partial charge in [0, 0.05) is 12.1 Å². The molecule has 1 unspecified atom stereocenters. The number of carbonyl (C=O) groups is 1. The largest absolute Gasteiger partial charge is 0.480 e. The number of likely N-dealkylation sites (N-methyl/N-ethyl adjacent to an activating group) is 1. The number of hydrogen-bond donors (Lipinski definition) is 1. The molecule has 0 heterocycles. The molecule has 0 spiro atoms. The first-order valence-corrected chi connectivity index (χ1v) is 4.25. The van der Waals surface area contributed by atoms with Crippen molar-refractivity contribution in [3.63, 3.8) is 0 Å². The van der Waals surface area contributed by atoms with Crippen molar-refractivity contribution in [1.29, 1.82) is 0 Å². The molecule has 3 nitrogen and oxygen atoms in total. The second-order valence-electron chi connectivity index (χ2n) is 2.56. The molecule has 4 heteroatoms. The Labute approximate surface area is 77.6 Å². The molecule has 0 aliphatic carbocycles. The van der Waals surface area contributed by atoms with Gasteiger partial charge in [-0.2, -0.15) is 0 Å². The molecular formula is C8H14ClNO2. The fourth-order valence-corrected chi connectivity index (χ4v) is 1.09. The Morgan fingerprint density at radius 3 is 2.67 bits per heavy atom. The Morgan fingerprint density at radius 1 is 1.75 bits per heavy atom. The third-order valence-corrected chi connectivity index (χ3v) is 1.86. The van der Waals surface area contributed by atoms with Gasteiger partial charge < -0.3 is 5.11 Å². The van der Waals surface area contributed by atoms with Gasteiger partial charge in [0.25, 0.3) is 0 Å². The summed E-state index contributed by atoms with van der Waals surface area (Å²) in [5.74, 6) is -0.789. The van der Waals surface area contributed by atoms with E-state index >= 15 is 0 Å². The average molecular weight is 192 g/mol. The van der Waals surface area contributed by atoms with Crippen LogP contribution >= 0.6 is 11.6 Å². The Hall–Kier alpha value is -0.540. The third-order valence-electron chi connectivity index (χ3n) is 1.69. The zero-order valence-electron chi connectivity index (χ0n) is 7.33. The molecule has 0 aromatic heterocycles. The molecule has 0 bridgehead atoms. The van der Waals surface area contributed by atoms with E-state index in [0.29, 0.717) is 13.0 Å². The lowest BCUT2D eigenvalue weighted by Gasteiger charge is -2.21. The highest BCUT2D eigenvalue weighted by Gasteiger charge is 2.18. The topological polar surface area (TPSA) is 40.5 Å². The highest BCUT2D eigenvalue weighted by Crippen LogP contribution is 2.01. The lowest BCUT2D eigenvalue weighted by Crippen LogP contribution is -2.37. The fourth-order valence-electron chi connectivity index (χ4n) is 1.01. The van der Waals surface area contributed by atoms with Crippen LogP contribution in [-0.4, -0.2) is 35.6 Å². The summed E-state index contributed by atoms with van der Waals surface area (Å²) < 4.78 is 0. The van der Waals surface area contributed by atoms with E-state index in [0.717, 1.165) is 0 Å². The number of aliphatic carboxylic acids is 1. The van der Waals surface area contributed by atoms with Gasteiger partial charge in [0.15, 0.2) is 0 Å². The van der Waals surface area contributed by atoms with Crippen molar-refractivity contribution in [2.75, 3.05) is 13.6 Å². The molecule has 0 saturated heterocycles. The Kier molecular flexibility index (Phi) is 5.76. The van der Waals surface area contributed by atoms with Gasteiger partial charge in [-0.05, 0) is 13.5 Å². The normalized spacial score (nSPS) is 14.0. The van der Waals surface area contributed by atoms with Crippen LogP contribution in [0.3, 0.4) is 0 Å². The number of carboxylic acids is 1. The predicted molar refractivity (Wildman–Crippen MR) is 49.3 cm³/mol. The van der Waals surface area contributed by atoms with Crippen molar-refractivity contribution in [3.05, 3.63) is 11.6 Å². The van der Waals surface area contributed by atoms with E-state index in [2.05, 4.69) is 0 Å². The first-order valence-electron chi connectivity index (χ1n) is 3.81. The fraction of sp³-hybridized carbons (Fsp3) is 0.625. The van der Waals surface area contributed by atoms with E-state index in [9.17, 15) is 4.79 Å². The van der Waals surface area contributed by atoms with Gasteiger partial charge in [0.2, 0.25) is 0 Å². The van der Waals surface area contributed by atoms with Gasteiger partial charge in [-0.1, -0.05) is 24.6 Å². The summed E-state index contributed by atoms with van der Waals surface area (Å²) in [6.45, 7) is 2.41. The highest BCUT2D eigenvalue weighted by molar-refractivity contribution is 6.25. The summed E-state index contributed by atoms with van der Waals surface area (Å²) in [7, 11) is 1.76. The van der Waals surface area contributed by atoms with Crippen molar-refractivity contribution in [2.24, 2.45) is 0 Å². The van der Waals surface area contributed by atoms with Crippen LogP contribution < -0.4 is 0 Å². The van der Waals surface area contributed by atoms with E-state index in [1.54, 1.807) is 18.0 Å². The average Bonchev–Trinajstić information content (AvgIpc) is 2.01. The van der Waals surface area contributed by atoms with E-state index in [1.165, 1.54) is 5.54 Å². The first-order chi connectivity index (χ1) is 5.63. The molecule has 0 fully saturated rings. The minimum Gasteiger partial charge on any atom is -0.480 e. The van der Waals surface area contributed by atoms with Crippen LogP contribution in [0.15, 0.2) is 11.6 Å². The summed E-state index contributed by atoms with van der Waals surface area (Å²) in [6.07, 6.45) is 2.31. The Balaban J connectivity index is 4.02. The molecular weight excluding hydrogens is 178 g/mol. The minimum absolute atomic E-state index is 0.419. The lowest BCUT2D eigenvalue weighted by atomic mass is 10.2. The number of nitrogens with zero attached hydrogens (tertiary/aromatic N) is 1. The summed E-state index contributed by atoms with van der Waals surface area (Å²) in [6, 6.07) is -0.419. The van der Waals surface area contributed by atoms with E-state index in [1.807, 2.05) is 6.92 Å². The molecule has 0 saturated carbocycles. The zero-order valence-corrected chi connectivity index (χ0v) is 8.08. The van der Waals surface area contributed by atoms with E-state index < -0.39 is 12.0 Å². The van der Waals surface area contributed by atoms with Crippen LogP contribution in [0.2, 0.25) is 0 Å². The molecule has 0 rings (SSSR count). The SMILES string of the molecule is CCC(C(=O)O)N(C)CC=CCl.